The van der Waals surface area contributed by atoms with Gasteiger partial charge in [0, 0.05) is 0 Å². The summed E-state index contributed by atoms with van der Waals surface area (Å²) in [6.07, 6.45) is 3.58. The van der Waals surface area contributed by atoms with Gasteiger partial charge in [-0.2, -0.15) is 0 Å². The number of fused-ring (bicyclic) bond motifs is 1. The number of rotatable bonds is 4. The molecule has 0 amide bonds. The van der Waals surface area contributed by atoms with Crippen LogP contribution in [-0.2, 0) is 0 Å². The minimum atomic E-state index is -0.218. The molecule has 1 N–H and O–H groups in total. The van der Waals surface area contributed by atoms with E-state index in [0.29, 0.717) is 17.4 Å². The molecule has 0 spiro atoms. The fraction of sp³-hybridized carbons (Fsp3) is 0.333. The Kier molecular flexibility index (Phi) is 3.17. The Bertz CT molecular complexity index is 780. The first-order valence-electron chi connectivity index (χ1n) is 7.37. The molecular weight excluding hydrogens is 283 g/mol. The lowest BCUT2D eigenvalue weighted by Gasteiger charge is -2.35. The normalized spacial score (nSPS) is 16.4. The first-order valence-corrected chi connectivity index (χ1v) is 7.37. The van der Waals surface area contributed by atoms with Gasteiger partial charge in [0.2, 0.25) is 0 Å². The van der Waals surface area contributed by atoms with Gasteiger partial charge in [0.1, 0.15) is 11.6 Å². The van der Waals surface area contributed by atoms with Crippen LogP contribution in [0.3, 0.4) is 0 Å². The molecule has 22 heavy (non-hydrogen) atoms. The van der Waals surface area contributed by atoms with Crippen molar-refractivity contribution >= 4 is 11.5 Å². The second-order valence-electron chi connectivity index (χ2n) is 5.61. The molecule has 0 radical (unpaired) electrons. The van der Waals surface area contributed by atoms with Gasteiger partial charge in [0.05, 0.1) is 6.04 Å². The van der Waals surface area contributed by atoms with Gasteiger partial charge >= 0.3 is 0 Å². The van der Waals surface area contributed by atoms with E-state index in [1.165, 1.54) is 36.0 Å². The van der Waals surface area contributed by atoms with Crippen molar-refractivity contribution in [3.8, 4) is 0 Å². The topological polar surface area (TPSA) is 68.0 Å². The Morgan fingerprint density at radius 2 is 1.95 bits per heavy atom. The van der Waals surface area contributed by atoms with Gasteiger partial charge in [-0.1, -0.05) is 18.6 Å². The lowest BCUT2D eigenvalue weighted by molar-refractivity contribution is 0.276. The van der Waals surface area contributed by atoms with Gasteiger partial charge in [-0.3, -0.25) is 0 Å². The first-order chi connectivity index (χ1) is 10.8. The van der Waals surface area contributed by atoms with Crippen LogP contribution in [0, 0.1) is 11.7 Å². The third-order valence-corrected chi connectivity index (χ3v) is 4.22. The van der Waals surface area contributed by atoms with Crippen LogP contribution < -0.4 is 5.32 Å². The number of hydrogen-bond donors (Lipinski definition) is 1. The summed E-state index contributed by atoms with van der Waals surface area (Å²) in [7, 11) is 0. The largest absolute Gasteiger partial charge is 0.361 e. The standard InChI is InChI=1S/C15H15FN6/c16-12-6-4-11(5-7-12)15(10-2-1-3-10)17-13-8-9-14-18-20-21-22(14)19-13/h4-10,15H,1-3H2,(H,17,19)/t15-/m0/s1. The maximum absolute atomic E-state index is 13.2. The molecule has 1 aliphatic carbocycles. The number of nitrogens with one attached hydrogen (secondary N) is 1. The summed E-state index contributed by atoms with van der Waals surface area (Å²) in [5, 5.41) is 19.0. The van der Waals surface area contributed by atoms with Gasteiger partial charge in [0.25, 0.3) is 0 Å². The summed E-state index contributed by atoms with van der Waals surface area (Å²) in [6.45, 7) is 0. The van der Waals surface area contributed by atoms with Gasteiger partial charge in [-0.15, -0.1) is 14.8 Å². The summed E-state index contributed by atoms with van der Waals surface area (Å²) in [6, 6.07) is 10.5. The molecule has 1 saturated carbocycles. The van der Waals surface area contributed by atoms with E-state index in [0.717, 1.165) is 5.56 Å². The molecule has 1 atom stereocenters. The maximum Gasteiger partial charge on any atom is 0.200 e. The predicted octanol–water partition coefficient (Wildman–Crippen LogP) is 2.61. The molecule has 1 aliphatic rings. The third-order valence-electron chi connectivity index (χ3n) is 4.22. The van der Waals surface area contributed by atoms with Crippen LogP contribution in [0.1, 0.15) is 30.9 Å². The molecule has 1 aromatic carbocycles. The van der Waals surface area contributed by atoms with Crippen molar-refractivity contribution < 1.29 is 4.39 Å². The Balaban J connectivity index is 1.64. The van der Waals surface area contributed by atoms with Crippen molar-refractivity contribution in [2.24, 2.45) is 5.92 Å². The van der Waals surface area contributed by atoms with E-state index < -0.39 is 0 Å². The highest BCUT2D eigenvalue weighted by Gasteiger charge is 2.29. The maximum atomic E-state index is 13.2. The minimum absolute atomic E-state index is 0.121. The number of anilines is 1. The van der Waals surface area contributed by atoms with Crippen molar-refractivity contribution in [2.75, 3.05) is 5.32 Å². The zero-order valence-electron chi connectivity index (χ0n) is 11.9. The quantitative estimate of drug-likeness (QED) is 0.802. The number of hydrogen-bond acceptors (Lipinski definition) is 5. The van der Waals surface area contributed by atoms with Crippen molar-refractivity contribution in [2.45, 2.75) is 25.3 Å². The number of benzene rings is 1. The lowest BCUT2D eigenvalue weighted by Crippen LogP contribution is -2.27. The average molecular weight is 298 g/mol. The SMILES string of the molecule is Fc1ccc([C@@H](Nc2ccc3nnnn3n2)C2CCC2)cc1. The third kappa shape index (κ3) is 2.38. The summed E-state index contributed by atoms with van der Waals surface area (Å²) in [4.78, 5) is 0. The molecule has 2 heterocycles. The first kappa shape index (κ1) is 13.1. The van der Waals surface area contributed by atoms with Crippen molar-refractivity contribution in [1.82, 2.24) is 25.3 Å². The Morgan fingerprint density at radius 3 is 2.68 bits per heavy atom. The van der Waals surface area contributed by atoms with E-state index in [1.807, 2.05) is 24.3 Å². The van der Waals surface area contributed by atoms with Gasteiger partial charge in [-0.25, -0.2) is 4.39 Å². The number of aromatic nitrogens is 5. The highest BCUT2D eigenvalue weighted by atomic mass is 19.1. The molecule has 0 unspecified atom stereocenters. The summed E-state index contributed by atoms with van der Waals surface area (Å²) < 4.78 is 14.5. The summed E-state index contributed by atoms with van der Waals surface area (Å²) >= 11 is 0. The molecule has 0 aliphatic heterocycles. The Morgan fingerprint density at radius 1 is 1.14 bits per heavy atom. The molecule has 2 aromatic heterocycles. The molecule has 3 aromatic rings. The summed E-state index contributed by atoms with van der Waals surface area (Å²) in [5.41, 5.74) is 1.68. The predicted molar refractivity (Wildman–Crippen MR) is 78.7 cm³/mol. The van der Waals surface area contributed by atoms with E-state index in [2.05, 4.69) is 25.9 Å². The molecule has 0 saturated heterocycles. The van der Waals surface area contributed by atoms with Crippen LogP contribution in [0.2, 0.25) is 0 Å². The van der Waals surface area contributed by atoms with Crippen LogP contribution >= 0.6 is 0 Å². The van der Waals surface area contributed by atoms with Crippen molar-refractivity contribution in [1.29, 1.82) is 0 Å². The molecule has 1 fully saturated rings. The fourth-order valence-corrected chi connectivity index (χ4v) is 2.80. The highest BCUT2D eigenvalue weighted by molar-refractivity contribution is 5.44. The van der Waals surface area contributed by atoms with Crippen LogP contribution in [0.15, 0.2) is 36.4 Å². The molecule has 4 rings (SSSR count). The van der Waals surface area contributed by atoms with Crippen LogP contribution in [-0.4, -0.2) is 25.3 Å². The molecule has 6 nitrogen and oxygen atoms in total. The van der Waals surface area contributed by atoms with Gasteiger partial charge in [0.15, 0.2) is 5.65 Å². The van der Waals surface area contributed by atoms with Crippen molar-refractivity contribution in [3.63, 3.8) is 0 Å². The fourth-order valence-electron chi connectivity index (χ4n) is 2.80. The van der Waals surface area contributed by atoms with Gasteiger partial charge < -0.3 is 5.32 Å². The molecule has 0 bridgehead atoms. The number of halogens is 1. The second kappa shape index (κ2) is 5.32. The van der Waals surface area contributed by atoms with E-state index in [4.69, 9.17) is 0 Å². The Hall–Kier alpha value is -2.57. The minimum Gasteiger partial charge on any atom is -0.361 e. The Labute approximate surface area is 126 Å². The lowest BCUT2D eigenvalue weighted by atomic mass is 9.77. The zero-order valence-corrected chi connectivity index (χ0v) is 11.9. The highest BCUT2D eigenvalue weighted by Crippen LogP contribution is 2.39. The summed E-state index contributed by atoms with van der Waals surface area (Å²) in [5.74, 6) is 1.03. The molecule has 112 valence electrons. The van der Waals surface area contributed by atoms with Gasteiger partial charge in [-0.05, 0) is 59.0 Å². The number of tetrazole rings is 1. The van der Waals surface area contributed by atoms with Crippen LogP contribution in [0.25, 0.3) is 5.65 Å². The van der Waals surface area contributed by atoms with Crippen LogP contribution in [0.5, 0.6) is 0 Å². The van der Waals surface area contributed by atoms with E-state index in [9.17, 15) is 4.39 Å². The van der Waals surface area contributed by atoms with Crippen molar-refractivity contribution in [3.05, 3.63) is 47.8 Å². The average Bonchev–Trinajstić information content (AvgIpc) is 2.93. The number of nitrogens with zero attached hydrogens (tertiary/aromatic N) is 5. The second-order valence-corrected chi connectivity index (χ2v) is 5.61. The smallest absolute Gasteiger partial charge is 0.200 e. The molecular formula is C15H15FN6. The van der Waals surface area contributed by atoms with E-state index >= 15 is 0 Å². The zero-order chi connectivity index (χ0) is 14.9. The van der Waals surface area contributed by atoms with E-state index in [-0.39, 0.29) is 11.9 Å². The molecule has 7 heteroatoms. The van der Waals surface area contributed by atoms with Crippen LogP contribution in [0.4, 0.5) is 10.2 Å². The monoisotopic (exact) mass is 298 g/mol. The van der Waals surface area contributed by atoms with E-state index in [1.54, 1.807) is 0 Å².